The fourth-order valence-corrected chi connectivity index (χ4v) is 4.51. The highest BCUT2D eigenvalue weighted by Crippen LogP contribution is 2.28. The molecule has 7 nitrogen and oxygen atoms in total. The van der Waals surface area contributed by atoms with E-state index in [0.29, 0.717) is 9.90 Å². The van der Waals surface area contributed by atoms with E-state index in [4.69, 9.17) is 11.6 Å². The quantitative estimate of drug-likeness (QED) is 0.335. The zero-order chi connectivity index (χ0) is 21.7. The first-order valence-corrected chi connectivity index (χ1v) is 11.5. The lowest BCUT2D eigenvalue weighted by molar-refractivity contribution is -0.116. The second-order valence-electron chi connectivity index (χ2n) is 6.24. The van der Waals surface area contributed by atoms with Crippen LogP contribution < -0.4 is 10.0 Å². The molecule has 3 N–H and O–H groups in total. The molecule has 0 fully saturated rings. The summed E-state index contributed by atoms with van der Waals surface area (Å²) in [7, 11) is -3.98. The van der Waals surface area contributed by atoms with Gasteiger partial charge in [0, 0.05) is 17.9 Å². The third kappa shape index (κ3) is 5.59. The second-order valence-corrected chi connectivity index (χ2v) is 9.31. The number of Topliss-reactive ketones (excluding diaryl/α,β-unsaturated/α-hetero) is 1. The molecule has 2 aromatic carbocycles. The molecule has 0 aliphatic rings. The van der Waals surface area contributed by atoms with Crippen molar-refractivity contribution < 1.29 is 23.1 Å². The fraction of sp³-hybridized carbons (Fsp3) is 0.100. The van der Waals surface area contributed by atoms with E-state index in [1.165, 1.54) is 35.6 Å². The second kappa shape index (κ2) is 9.29. The van der Waals surface area contributed by atoms with Gasteiger partial charge in [-0.3, -0.25) is 14.3 Å². The molecule has 0 spiro atoms. The summed E-state index contributed by atoms with van der Waals surface area (Å²) in [5.74, 6) is -0.978. The maximum atomic E-state index is 12.6. The lowest BCUT2D eigenvalue weighted by Crippen LogP contribution is -2.15. The number of ketones is 1. The van der Waals surface area contributed by atoms with Crippen LogP contribution in [-0.4, -0.2) is 25.2 Å². The number of aromatic hydroxyl groups is 1. The van der Waals surface area contributed by atoms with Gasteiger partial charge in [-0.2, -0.15) is 0 Å². The first-order chi connectivity index (χ1) is 14.2. The van der Waals surface area contributed by atoms with Crippen LogP contribution in [0.2, 0.25) is 5.02 Å². The summed E-state index contributed by atoms with van der Waals surface area (Å²) in [6.07, 6.45) is -0.102. The van der Waals surface area contributed by atoms with Crippen LogP contribution in [0.3, 0.4) is 0 Å². The Bertz CT molecular complexity index is 1180. The third-order valence-electron chi connectivity index (χ3n) is 4.00. The van der Waals surface area contributed by atoms with E-state index < -0.39 is 15.9 Å². The summed E-state index contributed by atoms with van der Waals surface area (Å²) in [6, 6.07) is 13.1. The largest absolute Gasteiger partial charge is 0.506 e. The summed E-state index contributed by atoms with van der Waals surface area (Å²) in [5.41, 5.74) is 0.200. The van der Waals surface area contributed by atoms with E-state index >= 15 is 0 Å². The number of benzene rings is 2. The van der Waals surface area contributed by atoms with Crippen molar-refractivity contribution in [3.8, 4) is 5.75 Å². The molecule has 0 saturated carbocycles. The Morgan fingerprint density at radius 3 is 2.53 bits per heavy atom. The zero-order valence-corrected chi connectivity index (χ0v) is 17.9. The third-order valence-corrected chi connectivity index (χ3v) is 6.53. The van der Waals surface area contributed by atoms with E-state index in [0.717, 1.165) is 6.07 Å². The molecule has 1 aromatic heterocycles. The number of anilines is 2. The number of carbonyl (C=O) groups is 2. The molecule has 156 valence electrons. The average molecular weight is 465 g/mol. The maximum Gasteiger partial charge on any atom is 0.261 e. The first-order valence-electron chi connectivity index (χ1n) is 8.72. The summed E-state index contributed by atoms with van der Waals surface area (Å²) in [4.78, 5) is 24.6. The SMILES string of the molecule is O=C(CCC(=O)c1cccs1)Nc1cc(S(=O)(=O)Nc2cccc(Cl)c2)ccc1O. The molecular weight excluding hydrogens is 448 g/mol. The fourth-order valence-electron chi connectivity index (χ4n) is 2.55. The summed E-state index contributed by atoms with van der Waals surface area (Å²) < 4.78 is 27.6. The Kier molecular flexibility index (Phi) is 6.76. The van der Waals surface area contributed by atoms with Gasteiger partial charge in [-0.05, 0) is 47.8 Å². The maximum absolute atomic E-state index is 12.6. The molecule has 10 heteroatoms. The predicted molar refractivity (Wildman–Crippen MR) is 117 cm³/mol. The van der Waals surface area contributed by atoms with Crippen LogP contribution in [0.25, 0.3) is 0 Å². The normalized spacial score (nSPS) is 11.1. The Morgan fingerprint density at radius 1 is 1.03 bits per heavy atom. The number of hydrogen-bond acceptors (Lipinski definition) is 6. The van der Waals surface area contributed by atoms with Crippen molar-refractivity contribution in [2.24, 2.45) is 0 Å². The minimum atomic E-state index is -3.98. The van der Waals surface area contributed by atoms with E-state index in [-0.39, 0.29) is 40.6 Å². The molecule has 0 bridgehead atoms. The standard InChI is InChI=1S/C20H17ClN2O5S2/c21-13-3-1-4-14(11-13)23-30(27,28)15-6-7-17(24)16(12-15)22-20(26)9-8-18(25)19-5-2-10-29-19/h1-7,10-12,23-24H,8-9H2,(H,22,26). The minimum absolute atomic E-state index is 0.00141. The van der Waals surface area contributed by atoms with Crippen LogP contribution in [0.4, 0.5) is 11.4 Å². The Balaban J connectivity index is 1.69. The predicted octanol–water partition coefficient (Wildman–Crippen LogP) is 4.51. The highest BCUT2D eigenvalue weighted by Gasteiger charge is 2.18. The highest BCUT2D eigenvalue weighted by atomic mass is 35.5. The van der Waals surface area contributed by atoms with Gasteiger partial charge in [0.25, 0.3) is 10.0 Å². The average Bonchev–Trinajstić information content (AvgIpc) is 3.22. The summed E-state index contributed by atoms with van der Waals surface area (Å²) in [6.45, 7) is 0. The van der Waals surface area contributed by atoms with Crippen LogP contribution >= 0.6 is 22.9 Å². The van der Waals surface area contributed by atoms with Gasteiger partial charge in [0.15, 0.2) is 5.78 Å². The Morgan fingerprint density at radius 2 is 1.83 bits per heavy atom. The smallest absolute Gasteiger partial charge is 0.261 e. The van der Waals surface area contributed by atoms with E-state index in [1.54, 1.807) is 29.6 Å². The molecule has 0 aliphatic carbocycles. The number of hydrogen-bond donors (Lipinski definition) is 3. The van der Waals surface area contributed by atoms with Crippen molar-refractivity contribution in [3.05, 3.63) is 69.9 Å². The van der Waals surface area contributed by atoms with Gasteiger partial charge in [0.2, 0.25) is 5.91 Å². The zero-order valence-electron chi connectivity index (χ0n) is 15.5. The van der Waals surface area contributed by atoms with Crippen LogP contribution in [0.15, 0.2) is 64.9 Å². The summed E-state index contributed by atoms with van der Waals surface area (Å²) >= 11 is 7.16. The van der Waals surface area contributed by atoms with Crippen LogP contribution in [-0.2, 0) is 14.8 Å². The number of rotatable bonds is 8. The number of phenols is 1. The number of carbonyl (C=O) groups excluding carboxylic acids is 2. The molecule has 0 unspecified atom stereocenters. The molecule has 0 atom stereocenters. The van der Waals surface area contributed by atoms with Crippen molar-refractivity contribution in [1.82, 2.24) is 0 Å². The molecule has 1 heterocycles. The summed E-state index contributed by atoms with van der Waals surface area (Å²) in [5, 5.41) is 14.6. The number of halogens is 1. The molecule has 1 amide bonds. The molecule has 3 aromatic rings. The van der Waals surface area contributed by atoms with Crippen LogP contribution in [0, 0.1) is 0 Å². The van der Waals surface area contributed by atoms with Crippen LogP contribution in [0.1, 0.15) is 22.5 Å². The van der Waals surface area contributed by atoms with Gasteiger partial charge in [-0.1, -0.05) is 23.7 Å². The van der Waals surface area contributed by atoms with E-state index in [2.05, 4.69) is 10.0 Å². The van der Waals surface area contributed by atoms with Gasteiger partial charge in [0.1, 0.15) is 5.75 Å². The topological polar surface area (TPSA) is 113 Å². The number of nitrogens with one attached hydrogen (secondary N) is 2. The minimum Gasteiger partial charge on any atom is -0.506 e. The van der Waals surface area contributed by atoms with Crippen molar-refractivity contribution in [1.29, 1.82) is 0 Å². The molecule has 0 saturated heterocycles. The van der Waals surface area contributed by atoms with Gasteiger partial charge in [-0.25, -0.2) is 8.42 Å². The number of thiophene rings is 1. The highest BCUT2D eigenvalue weighted by molar-refractivity contribution is 7.92. The molecule has 3 rings (SSSR count). The Hall–Kier alpha value is -2.88. The van der Waals surface area contributed by atoms with E-state index in [1.807, 2.05) is 0 Å². The number of amides is 1. The van der Waals surface area contributed by atoms with Gasteiger partial charge in [0.05, 0.1) is 21.1 Å². The molecule has 0 radical (unpaired) electrons. The van der Waals surface area contributed by atoms with E-state index in [9.17, 15) is 23.1 Å². The van der Waals surface area contributed by atoms with Crippen molar-refractivity contribution in [2.75, 3.05) is 10.0 Å². The van der Waals surface area contributed by atoms with Gasteiger partial charge < -0.3 is 10.4 Å². The lowest BCUT2D eigenvalue weighted by Gasteiger charge is -2.12. The van der Waals surface area contributed by atoms with Crippen molar-refractivity contribution >= 4 is 56.0 Å². The van der Waals surface area contributed by atoms with Gasteiger partial charge >= 0.3 is 0 Å². The van der Waals surface area contributed by atoms with Crippen LogP contribution in [0.5, 0.6) is 5.75 Å². The lowest BCUT2D eigenvalue weighted by atomic mass is 10.2. The number of sulfonamides is 1. The van der Waals surface area contributed by atoms with Gasteiger partial charge in [-0.15, -0.1) is 11.3 Å². The monoisotopic (exact) mass is 464 g/mol. The number of phenolic OH excluding ortho intramolecular Hbond substituents is 1. The van der Waals surface area contributed by atoms with Crippen molar-refractivity contribution in [3.63, 3.8) is 0 Å². The Labute approximate surface area is 182 Å². The molecule has 30 heavy (non-hydrogen) atoms. The first kappa shape index (κ1) is 21.8. The molecular formula is C20H17ClN2O5S2. The molecule has 0 aliphatic heterocycles. The van der Waals surface area contributed by atoms with Crippen molar-refractivity contribution in [2.45, 2.75) is 17.7 Å².